The lowest BCUT2D eigenvalue weighted by Gasteiger charge is -2.23. The molecular weight excluding hydrogens is 404 g/mol. The van der Waals surface area contributed by atoms with Crippen LogP contribution in [0.15, 0.2) is 17.0 Å². The molecule has 0 spiro atoms. The monoisotopic (exact) mass is 427 g/mol. The molecule has 3 N–H and O–H groups in total. The molecule has 1 saturated heterocycles. The Bertz CT molecular complexity index is 779. The first-order valence-corrected chi connectivity index (χ1v) is 9.60. The summed E-state index contributed by atoms with van der Waals surface area (Å²) in [5.41, 5.74) is -1.25. The van der Waals surface area contributed by atoms with Gasteiger partial charge in [0.05, 0.1) is 18.9 Å². The van der Waals surface area contributed by atoms with Crippen molar-refractivity contribution in [1.29, 1.82) is 0 Å². The molecule has 0 saturated carbocycles. The molecule has 0 radical (unpaired) electrons. The van der Waals surface area contributed by atoms with Gasteiger partial charge in [0.1, 0.15) is 16.5 Å². The van der Waals surface area contributed by atoms with Gasteiger partial charge >= 0.3 is 0 Å². The fourth-order valence-electron chi connectivity index (χ4n) is 2.46. The van der Waals surface area contributed by atoms with Gasteiger partial charge in [-0.15, -0.1) is 12.4 Å². The van der Waals surface area contributed by atoms with Gasteiger partial charge in [-0.3, -0.25) is 4.79 Å². The van der Waals surface area contributed by atoms with Crippen molar-refractivity contribution in [2.45, 2.75) is 43.7 Å². The molecule has 1 unspecified atom stereocenters. The number of rotatable bonds is 5. The Morgan fingerprint density at radius 1 is 1.30 bits per heavy atom. The van der Waals surface area contributed by atoms with E-state index in [1.54, 1.807) is 20.8 Å². The number of carbonyl (C=O) groups is 1. The van der Waals surface area contributed by atoms with E-state index in [0.29, 0.717) is 25.8 Å². The third-order valence-electron chi connectivity index (χ3n) is 3.46. The highest BCUT2D eigenvalue weighted by Gasteiger charge is 2.27. The topological polar surface area (TPSA) is 96.5 Å². The minimum atomic E-state index is -4.23. The number of carbonyl (C=O) groups excluding carboxylic acids is 1. The number of sulfonamides is 1. The summed E-state index contributed by atoms with van der Waals surface area (Å²) < 4.78 is 60.2. The molecule has 154 valence electrons. The number of benzene rings is 1. The van der Waals surface area contributed by atoms with E-state index in [4.69, 9.17) is 4.74 Å². The minimum absolute atomic E-state index is 0. The maximum Gasteiger partial charge on any atom is 0.244 e. The van der Waals surface area contributed by atoms with Crippen LogP contribution < -0.4 is 15.4 Å². The van der Waals surface area contributed by atoms with Crippen molar-refractivity contribution >= 4 is 34.0 Å². The molecule has 27 heavy (non-hydrogen) atoms. The molecule has 11 heteroatoms. The zero-order valence-corrected chi connectivity index (χ0v) is 16.9. The standard InChI is InChI=1S/C16H23F2N3O4S.ClH/c1-16(2,3)21-26(23,24)14-8-13(11(17)7-12(14)18)20-15(22)6-10-9-25-5-4-19-10;/h7-8,10,19,21H,4-6,9H2,1-3H3,(H,20,22);1H. The summed E-state index contributed by atoms with van der Waals surface area (Å²) in [6, 6.07) is 0.994. The first-order valence-electron chi connectivity index (χ1n) is 8.12. The second kappa shape index (κ2) is 9.24. The van der Waals surface area contributed by atoms with Crippen molar-refractivity contribution in [3.05, 3.63) is 23.8 Å². The lowest BCUT2D eigenvalue weighted by molar-refractivity contribution is -0.117. The molecule has 1 aliphatic rings. The van der Waals surface area contributed by atoms with Gasteiger partial charge in [-0.05, 0) is 26.8 Å². The first kappa shape index (κ1) is 23.7. The Kier molecular flexibility index (Phi) is 8.12. The molecule has 2 rings (SSSR count). The predicted octanol–water partition coefficient (Wildman–Crippen LogP) is 1.78. The highest BCUT2D eigenvalue weighted by Crippen LogP contribution is 2.24. The number of morpholine rings is 1. The van der Waals surface area contributed by atoms with Gasteiger partial charge in [-0.25, -0.2) is 21.9 Å². The van der Waals surface area contributed by atoms with Crippen LogP contribution in [0.3, 0.4) is 0 Å². The normalized spacial score (nSPS) is 17.9. The summed E-state index contributed by atoms with van der Waals surface area (Å²) in [5, 5.41) is 5.37. The second-order valence-corrected chi connectivity index (χ2v) is 8.75. The molecule has 1 heterocycles. The van der Waals surface area contributed by atoms with E-state index in [1.165, 1.54) is 0 Å². The van der Waals surface area contributed by atoms with E-state index in [2.05, 4.69) is 15.4 Å². The molecule has 7 nitrogen and oxygen atoms in total. The van der Waals surface area contributed by atoms with E-state index >= 15 is 0 Å². The number of ether oxygens (including phenoxy) is 1. The fraction of sp³-hybridized carbons (Fsp3) is 0.562. The van der Waals surface area contributed by atoms with Crippen LogP contribution in [0.4, 0.5) is 14.5 Å². The van der Waals surface area contributed by atoms with Gasteiger partial charge in [0.2, 0.25) is 15.9 Å². The smallest absolute Gasteiger partial charge is 0.244 e. The van der Waals surface area contributed by atoms with Gasteiger partial charge in [-0.1, -0.05) is 0 Å². The number of halogens is 3. The lowest BCUT2D eigenvalue weighted by atomic mass is 10.1. The fourth-order valence-corrected chi connectivity index (χ4v) is 3.97. The van der Waals surface area contributed by atoms with Crippen LogP contribution in [0.1, 0.15) is 27.2 Å². The van der Waals surface area contributed by atoms with Gasteiger partial charge in [0.15, 0.2) is 0 Å². The van der Waals surface area contributed by atoms with Crippen molar-refractivity contribution in [2.24, 2.45) is 0 Å². The zero-order chi connectivity index (χ0) is 19.5. The quantitative estimate of drug-likeness (QED) is 0.665. The molecule has 1 aromatic carbocycles. The SMILES string of the molecule is CC(C)(C)NS(=O)(=O)c1cc(NC(=O)CC2COCCN2)c(F)cc1F.Cl. The van der Waals surface area contributed by atoms with Crippen LogP contribution >= 0.6 is 12.4 Å². The van der Waals surface area contributed by atoms with Gasteiger partial charge < -0.3 is 15.4 Å². The number of amides is 1. The van der Waals surface area contributed by atoms with E-state index in [1.807, 2.05) is 0 Å². The molecule has 1 aliphatic heterocycles. The molecular formula is C16H24ClF2N3O4S. The third-order valence-corrected chi connectivity index (χ3v) is 5.23. The van der Waals surface area contributed by atoms with E-state index in [0.717, 1.165) is 6.07 Å². The van der Waals surface area contributed by atoms with Crippen molar-refractivity contribution in [2.75, 3.05) is 25.1 Å². The molecule has 1 amide bonds. The highest BCUT2D eigenvalue weighted by molar-refractivity contribution is 7.89. The third kappa shape index (κ3) is 6.96. The number of hydrogen-bond donors (Lipinski definition) is 3. The minimum Gasteiger partial charge on any atom is -0.378 e. The van der Waals surface area contributed by atoms with Crippen LogP contribution in [-0.2, 0) is 19.6 Å². The lowest BCUT2D eigenvalue weighted by Crippen LogP contribution is -2.43. The Morgan fingerprint density at radius 2 is 1.96 bits per heavy atom. The molecule has 0 bridgehead atoms. The Balaban J connectivity index is 0.00000364. The van der Waals surface area contributed by atoms with Crippen molar-refractivity contribution < 1.29 is 26.7 Å². The first-order chi connectivity index (χ1) is 12.0. The summed E-state index contributed by atoms with van der Waals surface area (Å²) in [4.78, 5) is 11.3. The number of hydrogen-bond acceptors (Lipinski definition) is 5. The average Bonchev–Trinajstić information content (AvgIpc) is 2.48. The summed E-state index contributed by atoms with van der Waals surface area (Å²) >= 11 is 0. The van der Waals surface area contributed by atoms with Crippen LogP contribution in [0.5, 0.6) is 0 Å². The van der Waals surface area contributed by atoms with E-state index in [9.17, 15) is 22.0 Å². The summed E-state index contributed by atoms with van der Waals surface area (Å²) in [7, 11) is -4.23. The molecule has 1 atom stereocenters. The largest absolute Gasteiger partial charge is 0.378 e. The summed E-state index contributed by atoms with van der Waals surface area (Å²) in [6.45, 7) is 6.26. The molecule has 1 fully saturated rings. The van der Waals surface area contributed by atoms with Gasteiger partial charge in [-0.2, -0.15) is 0 Å². The van der Waals surface area contributed by atoms with Crippen molar-refractivity contribution in [1.82, 2.24) is 10.0 Å². The second-order valence-electron chi connectivity index (χ2n) is 7.10. The zero-order valence-electron chi connectivity index (χ0n) is 15.3. The molecule has 1 aromatic rings. The van der Waals surface area contributed by atoms with Crippen LogP contribution in [-0.4, -0.2) is 45.7 Å². The number of anilines is 1. The average molecular weight is 428 g/mol. The van der Waals surface area contributed by atoms with E-state index < -0.39 is 43.7 Å². The number of nitrogens with one attached hydrogen (secondary N) is 3. The van der Waals surface area contributed by atoms with Crippen LogP contribution in [0.25, 0.3) is 0 Å². The Labute approximate surface area is 163 Å². The maximum atomic E-state index is 14.0. The molecule has 0 aliphatic carbocycles. The molecule has 0 aromatic heterocycles. The maximum absolute atomic E-state index is 14.0. The Morgan fingerprint density at radius 3 is 2.52 bits per heavy atom. The van der Waals surface area contributed by atoms with Gasteiger partial charge in [0, 0.05) is 30.6 Å². The highest BCUT2D eigenvalue weighted by atomic mass is 35.5. The van der Waals surface area contributed by atoms with Crippen LogP contribution in [0, 0.1) is 11.6 Å². The van der Waals surface area contributed by atoms with Crippen molar-refractivity contribution in [3.63, 3.8) is 0 Å². The Hall–Kier alpha value is -1.33. The summed E-state index contributed by atoms with van der Waals surface area (Å²) in [5.74, 6) is -2.83. The van der Waals surface area contributed by atoms with Crippen LogP contribution in [0.2, 0.25) is 0 Å². The van der Waals surface area contributed by atoms with E-state index in [-0.39, 0.29) is 24.9 Å². The van der Waals surface area contributed by atoms with Crippen molar-refractivity contribution in [3.8, 4) is 0 Å². The predicted molar refractivity (Wildman–Crippen MR) is 99.5 cm³/mol. The summed E-state index contributed by atoms with van der Waals surface area (Å²) in [6.07, 6.45) is 0.0130. The van der Waals surface area contributed by atoms with Gasteiger partial charge in [0.25, 0.3) is 0 Å².